The van der Waals surface area contributed by atoms with Gasteiger partial charge < -0.3 is 9.64 Å². The third kappa shape index (κ3) is 4.61. The molecule has 1 aliphatic rings. The summed E-state index contributed by atoms with van der Waals surface area (Å²) in [7, 11) is 0. The number of hydrogen-bond donors (Lipinski definition) is 1. The Kier molecular flexibility index (Phi) is 5.53. The summed E-state index contributed by atoms with van der Waals surface area (Å²) >= 11 is 1.39. The molecule has 0 atom stereocenters. The van der Waals surface area contributed by atoms with Gasteiger partial charge >= 0.3 is 6.09 Å². The second-order valence-electron chi connectivity index (χ2n) is 8.39. The van der Waals surface area contributed by atoms with Crippen LogP contribution >= 0.6 is 11.3 Å². The second kappa shape index (κ2) is 8.14. The first-order valence-electron chi connectivity index (χ1n) is 10.1. The third-order valence-electron chi connectivity index (χ3n) is 4.86. The van der Waals surface area contributed by atoms with Crippen LogP contribution in [-0.4, -0.2) is 43.8 Å². The number of hydrogen-bond acceptors (Lipinski definition) is 6. The van der Waals surface area contributed by atoms with Crippen LogP contribution in [0.25, 0.3) is 5.69 Å². The van der Waals surface area contributed by atoms with Crippen molar-refractivity contribution in [3.05, 3.63) is 58.4 Å². The standard InChI is InChI=1S/C22H25N5O3S/c1-14-16(12-23-27(14)15-8-6-5-7-9-15)19(28)25-20-24-17-10-11-26(13-18(17)31-20)21(29)30-22(2,3)4/h5-9,12H,10-11,13H2,1-4H3,(H,24,25,28). The van der Waals surface area contributed by atoms with E-state index in [-0.39, 0.29) is 12.0 Å². The predicted molar refractivity (Wildman–Crippen MR) is 119 cm³/mol. The van der Waals surface area contributed by atoms with Crippen molar-refractivity contribution in [3.63, 3.8) is 0 Å². The number of rotatable bonds is 3. The van der Waals surface area contributed by atoms with Gasteiger partial charge in [0, 0.05) is 17.8 Å². The highest BCUT2D eigenvalue weighted by molar-refractivity contribution is 7.15. The van der Waals surface area contributed by atoms with Crippen molar-refractivity contribution in [3.8, 4) is 5.69 Å². The average molecular weight is 440 g/mol. The van der Waals surface area contributed by atoms with Gasteiger partial charge in [-0.15, -0.1) is 0 Å². The summed E-state index contributed by atoms with van der Waals surface area (Å²) in [5, 5.41) is 7.76. The molecule has 2 aromatic heterocycles. The smallest absolute Gasteiger partial charge is 0.410 e. The van der Waals surface area contributed by atoms with Crippen molar-refractivity contribution in [1.82, 2.24) is 19.7 Å². The van der Waals surface area contributed by atoms with E-state index in [0.717, 1.165) is 22.0 Å². The van der Waals surface area contributed by atoms with Crippen LogP contribution in [0.5, 0.6) is 0 Å². The first kappa shape index (κ1) is 21.0. The maximum atomic E-state index is 12.8. The van der Waals surface area contributed by atoms with Crippen LogP contribution in [0.1, 0.15) is 47.4 Å². The van der Waals surface area contributed by atoms with Crippen molar-refractivity contribution < 1.29 is 14.3 Å². The van der Waals surface area contributed by atoms with E-state index in [9.17, 15) is 9.59 Å². The number of nitrogens with zero attached hydrogens (tertiary/aromatic N) is 4. The summed E-state index contributed by atoms with van der Waals surface area (Å²) < 4.78 is 7.20. The molecule has 4 rings (SSSR count). The first-order chi connectivity index (χ1) is 14.7. The van der Waals surface area contributed by atoms with Crippen LogP contribution < -0.4 is 5.32 Å². The molecule has 8 nitrogen and oxygen atoms in total. The number of carbonyl (C=O) groups is 2. The van der Waals surface area contributed by atoms with Gasteiger partial charge in [0.05, 0.1) is 35.4 Å². The largest absolute Gasteiger partial charge is 0.444 e. The van der Waals surface area contributed by atoms with Gasteiger partial charge in [0.15, 0.2) is 5.13 Å². The molecular weight excluding hydrogens is 414 g/mol. The highest BCUT2D eigenvalue weighted by Crippen LogP contribution is 2.29. The van der Waals surface area contributed by atoms with Gasteiger partial charge in [-0.2, -0.15) is 5.10 Å². The topological polar surface area (TPSA) is 89.3 Å². The molecule has 3 aromatic rings. The van der Waals surface area contributed by atoms with Gasteiger partial charge in [0.1, 0.15) is 5.60 Å². The van der Waals surface area contributed by atoms with E-state index in [1.165, 1.54) is 11.3 Å². The van der Waals surface area contributed by atoms with Gasteiger partial charge in [-0.25, -0.2) is 14.5 Å². The fourth-order valence-electron chi connectivity index (χ4n) is 3.36. The zero-order chi connectivity index (χ0) is 22.2. The fourth-order valence-corrected chi connectivity index (χ4v) is 4.38. The summed E-state index contributed by atoms with van der Waals surface area (Å²) in [4.78, 5) is 32.4. The maximum Gasteiger partial charge on any atom is 0.410 e. The van der Waals surface area contributed by atoms with E-state index in [1.54, 1.807) is 15.8 Å². The molecule has 31 heavy (non-hydrogen) atoms. The Hall–Kier alpha value is -3.20. The van der Waals surface area contributed by atoms with Gasteiger partial charge in [0.25, 0.3) is 5.91 Å². The zero-order valence-electron chi connectivity index (χ0n) is 18.0. The lowest BCUT2D eigenvalue weighted by molar-refractivity contribution is 0.0225. The lowest BCUT2D eigenvalue weighted by Crippen LogP contribution is -2.39. The molecule has 3 heterocycles. The Labute approximate surface area is 184 Å². The van der Waals surface area contributed by atoms with Gasteiger partial charge in [0.2, 0.25) is 0 Å². The lowest BCUT2D eigenvalue weighted by Gasteiger charge is -2.29. The Morgan fingerprint density at radius 3 is 2.65 bits per heavy atom. The molecule has 0 bridgehead atoms. The van der Waals surface area contributed by atoms with Crippen LogP contribution in [0.3, 0.4) is 0 Å². The number of thiazole rings is 1. The van der Waals surface area contributed by atoms with E-state index < -0.39 is 5.60 Å². The van der Waals surface area contributed by atoms with E-state index in [2.05, 4.69) is 15.4 Å². The summed E-state index contributed by atoms with van der Waals surface area (Å²) in [5.41, 5.74) is 2.52. The Morgan fingerprint density at radius 1 is 1.19 bits per heavy atom. The molecule has 9 heteroatoms. The minimum absolute atomic E-state index is 0.255. The van der Waals surface area contributed by atoms with E-state index in [0.29, 0.717) is 30.2 Å². The molecule has 1 aromatic carbocycles. The lowest BCUT2D eigenvalue weighted by atomic mass is 10.2. The van der Waals surface area contributed by atoms with Gasteiger partial charge in [-0.1, -0.05) is 29.5 Å². The minimum atomic E-state index is -0.535. The van der Waals surface area contributed by atoms with Crippen LogP contribution in [0.4, 0.5) is 9.93 Å². The number of para-hydroxylation sites is 1. The molecule has 2 amide bonds. The maximum absolute atomic E-state index is 12.8. The normalized spacial score (nSPS) is 13.6. The molecule has 1 N–H and O–H groups in total. The molecule has 0 unspecified atom stereocenters. The molecule has 0 spiro atoms. The molecule has 0 saturated carbocycles. The van der Waals surface area contributed by atoms with E-state index in [1.807, 2.05) is 58.0 Å². The highest BCUT2D eigenvalue weighted by Gasteiger charge is 2.28. The Balaban J connectivity index is 1.46. The van der Waals surface area contributed by atoms with Crippen molar-refractivity contribution in [2.45, 2.75) is 46.3 Å². The number of ether oxygens (including phenoxy) is 1. The van der Waals surface area contributed by atoms with E-state index >= 15 is 0 Å². The van der Waals surface area contributed by atoms with Crippen molar-refractivity contribution in [2.24, 2.45) is 0 Å². The monoisotopic (exact) mass is 439 g/mol. The SMILES string of the molecule is Cc1c(C(=O)Nc2nc3c(s2)CN(C(=O)OC(C)(C)C)CC3)cnn1-c1ccccc1. The van der Waals surface area contributed by atoms with E-state index in [4.69, 9.17) is 4.74 Å². The van der Waals surface area contributed by atoms with Crippen LogP contribution in [-0.2, 0) is 17.7 Å². The Morgan fingerprint density at radius 2 is 1.94 bits per heavy atom. The molecule has 0 fully saturated rings. The number of carbonyl (C=O) groups excluding carboxylic acids is 2. The second-order valence-corrected chi connectivity index (χ2v) is 9.47. The molecule has 162 valence electrons. The summed E-state index contributed by atoms with van der Waals surface area (Å²) in [6.45, 7) is 8.39. The summed E-state index contributed by atoms with van der Waals surface area (Å²) in [5.74, 6) is -0.255. The molecule has 1 aliphatic heterocycles. The van der Waals surface area contributed by atoms with Gasteiger partial charge in [-0.3, -0.25) is 10.1 Å². The van der Waals surface area contributed by atoms with Crippen molar-refractivity contribution in [1.29, 1.82) is 0 Å². The summed E-state index contributed by atoms with van der Waals surface area (Å²) in [6.07, 6.45) is 1.86. The Bertz CT molecular complexity index is 1110. The first-order valence-corrected chi connectivity index (χ1v) is 10.9. The third-order valence-corrected chi connectivity index (χ3v) is 5.86. The summed E-state index contributed by atoms with van der Waals surface area (Å²) in [6, 6.07) is 9.66. The average Bonchev–Trinajstić information content (AvgIpc) is 3.29. The van der Waals surface area contributed by atoms with Crippen molar-refractivity contribution >= 4 is 28.5 Å². The number of amides is 2. The number of nitrogens with one attached hydrogen (secondary N) is 1. The van der Waals surface area contributed by atoms with Gasteiger partial charge in [-0.05, 0) is 39.8 Å². The molecule has 0 radical (unpaired) electrons. The minimum Gasteiger partial charge on any atom is -0.444 e. The quantitative estimate of drug-likeness (QED) is 0.661. The molecule has 0 saturated heterocycles. The van der Waals surface area contributed by atoms with Crippen LogP contribution in [0.2, 0.25) is 0 Å². The van der Waals surface area contributed by atoms with Crippen LogP contribution in [0, 0.1) is 6.92 Å². The number of fused-ring (bicyclic) bond motifs is 1. The number of anilines is 1. The molecular formula is C22H25N5O3S. The molecule has 0 aliphatic carbocycles. The number of aromatic nitrogens is 3. The van der Waals surface area contributed by atoms with Crippen molar-refractivity contribution in [2.75, 3.05) is 11.9 Å². The predicted octanol–water partition coefficient (Wildman–Crippen LogP) is 4.18. The fraction of sp³-hybridized carbons (Fsp3) is 0.364. The highest BCUT2D eigenvalue weighted by atomic mass is 32.1. The number of benzene rings is 1. The van der Waals surface area contributed by atoms with Crippen LogP contribution in [0.15, 0.2) is 36.5 Å². The zero-order valence-corrected chi connectivity index (χ0v) is 18.8.